The average molecular weight is 348 g/mol. The van der Waals surface area contributed by atoms with E-state index in [4.69, 9.17) is 9.15 Å². The number of methoxy groups -OCH3 is 1. The van der Waals surface area contributed by atoms with E-state index >= 15 is 0 Å². The Morgan fingerprint density at radius 1 is 1.15 bits per heavy atom. The maximum atomic E-state index is 13.1. The minimum Gasteiger partial charge on any atom is -0.497 e. The van der Waals surface area contributed by atoms with E-state index in [1.807, 2.05) is 61.2 Å². The van der Waals surface area contributed by atoms with E-state index in [1.165, 1.54) is 6.39 Å². The summed E-state index contributed by atoms with van der Waals surface area (Å²) >= 11 is 0. The summed E-state index contributed by atoms with van der Waals surface area (Å²) in [6.07, 6.45) is 3.09. The summed E-state index contributed by atoms with van der Waals surface area (Å²) in [7, 11) is 1.64. The third-order valence-electron chi connectivity index (χ3n) is 4.96. The minimum atomic E-state index is -0.554. The lowest BCUT2D eigenvalue weighted by atomic mass is 9.86. The van der Waals surface area contributed by atoms with Crippen molar-refractivity contribution in [2.45, 2.75) is 25.8 Å². The standard InChI is InChI=1S/C21H20N2O3/c1-21(2)17-9-6-15(19-11-22-13-26-19)10-18(17)23(20(21)24)12-14-4-7-16(25-3)8-5-14/h4-11,13H,12H2,1-3H3. The van der Waals surface area contributed by atoms with Gasteiger partial charge in [0.15, 0.2) is 12.2 Å². The molecule has 0 atom stereocenters. The predicted octanol–water partition coefficient (Wildman–Crippen LogP) is 4.17. The van der Waals surface area contributed by atoms with Crippen LogP contribution in [-0.4, -0.2) is 18.0 Å². The van der Waals surface area contributed by atoms with Gasteiger partial charge < -0.3 is 14.1 Å². The molecule has 0 spiro atoms. The average Bonchev–Trinajstić information content (AvgIpc) is 3.25. The summed E-state index contributed by atoms with van der Waals surface area (Å²) in [6, 6.07) is 13.8. The van der Waals surface area contributed by atoms with Crippen LogP contribution in [0.4, 0.5) is 5.69 Å². The van der Waals surface area contributed by atoms with Crippen LogP contribution >= 0.6 is 0 Å². The van der Waals surface area contributed by atoms with Gasteiger partial charge in [-0.2, -0.15) is 0 Å². The molecule has 1 aromatic heterocycles. The number of hydrogen-bond donors (Lipinski definition) is 0. The van der Waals surface area contributed by atoms with Gasteiger partial charge in [-0.15, -0.1) is 0 Å². The van der Waals surface area contributed by atoms with Crippen molar-refractivity contribution in [3.8, 4) is 17.1 Å². The molecule has 26 heavy (non-hydrogen) atoms. The molecule has 0 bridgehead atoms. The topological polar surface area (TPSA) is 55.6 Å². The van der Waals surface area contributed by atoms with Gasteiger partial charge in [0, 0.05) is 11.3 Å². The van der Waals surface area contributed by atoms with Gasteiger partial charge in [0.05, 0.1) is 25.3 Å². The van der Waals surface area contributed by atoms with Crippen molar-refractivity contribution in [1.82, 2.24) is 4.98 Å². The first-order chi connectivity index (χ1) is 12.5. The fraction of sp³-hybridized carbons (Fsp3) is 0.238. The first-order valence-corrected chi connectivity index (χ1v) is 8.49. The van der Waals surface area contributed by atoms with Gasteiger partial charge in [-0.3, -0.25) is 4.79 Å². The highest BCUT2D eigenvalue weighted by molar-refractivity contribution is 6.08. The van der Waals surface area contributed by atoms with Crippen molar-refractivity contribution in [2.75, 3.05) is 12.0 Å². The van der Waals surface area contributed by atoms with Crippen molar-refractivity contribution in [3.63, 3.8) is 0 Å². The Kier molecular flexibility index (Phi) is 3.80. The summed E-state index contributed by atoms with van der Waals surface area (Å²) in [5.74, 6) is 1.59. The maximum Gasteiger partial charge on any atom is 0.237 e. The molecule has 0 saturated heterocycles. The molecule has 132 valence electrons. The number of nitrogens with zero attached hydrogens (tertiary/aromatic N) is 2. The number of benzene rings is 2. The molecule has 5 heteroatoms. The van der Waals surface area contributed by atoms with Crippen LogP contribution in [0.2, 0.25) is 0 Å². The van der Waals surface area contributed by atoms with Crippen molar-refractivity contribution < 1.29 is 13.9 Å². The van der Waals surface area contributed by atoms with Crippen LogP contribution in [0.3, 0.4) is 0 Å². The van der Waals surface area contributed by atoms with Gasteiger partial charge in [-0.05, 0) is 43.2 Å². The molecule has 1 aliphatic heterocycles. The molecule has 1 amide bonds. The number of fused-ring (bicyclic) bond motifs is 1. The van der Waals surface area contributed by atoms with Gasteiger partial charge in [0.2, 0.25) is 5.91 Å². The second-order valence-electron chi connectivity index (χ2n) is 6.96. The second-order valence-corrected chi connectivity index (χ2v) is 6.96. The summed E-state index contributed by atoms with van der Waals surface area (Å²) in [4.78, 5) is 18.9. The minimum absolute atomic E-state index is 0.0954. The summed E-state index contributed by atoms with van der Waals surface area (Å²) < 4.78 is 10.6. The summed E-state index contributed by atoms with van der Waals surface area (Å²) in [5, 5.41) is 0. The van der Waals surface area contributed by atoms with Gasteiger partial charge in [-0.1, -0.05) is 24.3 Å². The van der Waals surface area contributed by atoms with Crippen molar-refractivity contribution in [1.29, 1.82) is 0 Å². The van der Waals surface area contributed by atoms with Crippen LogP contribution in [0, 0.1) is 0 Å². The highest BCUT2D eigenvalue weighted by atomic mass is 16.5. The SMILES string of the molecule is COc1ccc(CN2C(=O)C(C)(C)c3ccc(-c4cnco4)cc32)cc1. The smallest absolute Gasteiger partial charge is 0.237 e. The first kappa shape index (κ1) is 16.4. The van der Waals surface area contributed by atoms with E-state index in [2.05, 4.69) is 4.98 Å². The number of carbonyl (C=O) groups is 1. The molecular weight excluding hydrogens is 328 g/mol. The number of amides is 1. The zero-order valence-corrected chi connectivity index (χ0v) is 15.0. The molecule has 0 fully saturated rings. The van der Waals surface area contributed by atoms with E-state index < -0.39 is 5.41 Å². The number of rotatable bonds is 4. The summed E-state index contributed by atoms with van der Waals surface area (Å²) in [5.41, 5.74) is 3.35. The quantitative estimate of drug-likeness (QED) is 0.710. The third-order valence-corrected chi connectivity index (χ3v) is 4.96. The highest BCUT2D eigenvalue weighted by Gasteiger charge is 2.43. The summed E-state index contributed by atoms with van der Waals surface area (Å²) in [6.45, 7) is 4.45. The Bertz CT molecular complexity index is 944. The second kappa shape index (κ2) is 6.02. The fourth-order valence-electron chi connectivity index (χ4n) is 3.43. The molecule has 2 aromatic carbocycles. The molecule has 0 saturated carbocycles. The van der Waals surface area contributed by atoms with Crippen molar-refractivity contribution in [3.05, 3.63) is 66.2 Å². The first-order valence-electron chi connectivity index (χ1n) is 8.49. The molecule has 4 rings (SSSR count). The number of carbonyl (C=O) groups excluding carboxylic acids is 1. The Morgan fingerprint density at radius 2 is 1.92 bits per heavy atom. The lowest BCUT2D eigenvalue weighted by molar-refractivity contribution is -0.122. The molecule has 2 heterocycles. The maximum absolute atomic E-state index is 13.1. The Balaban J connectivity index is 1.74. The van der Waals surface area contributed by atoms with Gasteiger partial charge in [0.1, 0.15) is 5.75 Å². The number of anilines is 1. The molecule has 0 unspecified atom stereocenters. The van der Waals surface area contributed by atoms with Crippen LogP contribution in [0.15, 0.2) is 59.5 Å². The molecule has 0 N–H and O–H groups in total. The number of oxazole rings is 1. The Morgan fingerprint density at radius 3 is 2.58 bits per heavy atom. The fourth-order valence-corrected chi connectivity index (χ4v) is 3.43. The van der Waals surface area contributed by atoms with Crippen LogP contribution in [-0.2, 0) is 16.8 Å². The lowest BCUT2D eigenvalue weighted by Gasteiger charge is -2.20. The zero-order valence-electron chi connectivity index (χ0n) is 15.0. The van der Waals surface area contributed by atoms with E-state index in [9.17, 15) is 4.79 Å². The lowest BCUT2D eigenvalue weighted by Crippen LogP contribution is -2.35. The van der Waals surface area contributed by atoms with Gasteiger partial charge >= 0.3 is 0 Å². The third kappa shape index (κ3) is 2.56. The zero-order chi connectivity index (χ0) is 18.3. The molecule has 0 radical (unpaired) electrons. The number of aromatic nitrogens is 1. The van der Waals surface area contributed by atoms with Crippen LogP contribution in [0.5, 0.6) is 5.75 Å². The van der Waals surface area contributed by atoms with Crippen molar-refractivity contribution >= 4 is 11.6 Å². The van der Waals surface area contributed by atoms with Gasteiger partial charge in [-0.25, -0.2) is 4.98 Å². The molecule has 5 nitrogen and oxygen atoms in total. The predicted molar refractivity (Wildman–Crippen MR) is 99.1 cm³/mol. The van der Waals surface area contributed by atoms with E-state index in [-0.39, 0.29) is 5.91 Å². The normalized spacial score (nSPS) is 15.2. The molecule has 3 aromatic rings. The number of ether oxygens (including phenoxy) is 1. The largest absolute Gasteiger partial charge is 0.497 e. The Hall–Kier alpha value is -3.08. The van der Waals surface area contributed by atoms with Gasteiger partial charge in [0.25, 0.3) is 0 Å². The number of hydrogen-bond acceptors (Lipinski definition) is 4. The van der Waals surface area contributed by atoms with Crippen LogP contribution in [0.25, 0.3) is 11.3 Å². The van der Waals surface area contributed by atoms with E-state index in [1.54, 1.807) is 13.3 Å². The Labute approximate surface area is 152 Å². The van der Waals surface area contributed by atoms with Crippen LogP contribution < -0.4 is 9.64 Å². The molecule has 1 aliphatic rings. The molecule has 0 aliphatic carbocycles. The highest BCUT2D eigenvalue weighted by Crippen LogP contribution is 2.44. The van der Waals surface area contributed by atoms with Crippen molar-refractivity contribution in [2.24, 2.45) is 0 Å². The molecular formula is C21H20N2O3. The monoisotopic (exact) mass is 348 g/mol. The van der Waals surface area contributed by atoms with E-state index in [0.717, 1.165) is 28.1 Å². The van der Waals surface area contributed by atoms with E-state index in [0.29, 0.717) is 12.3 Å². The van der Waals surface area contributed by atoms with Crippen LogP contribution in [0.1, 0.15) is 25.0 Å².